The van der Waals surface area contributed by atoms with Crippen molar-refractivity contribution in [2.45, 2.75) is 111 Å². The first-order valence-electron chi connectivity index (χ1n) is 16.2. The molecular weight excluding hydrogens is 494 g/mol. The maximum atomic E-state index is 13.0. The van der Waals surface area contributed by atoms with Crippen molar-refractivity contribution >= 4 is 11.9 Å². The maximum Gasteiger partial charge on any atom is 0.409 e. The van der Waals surface area contributed by atoms with Crippen molar-refractivity contribution in [1.82, 2.24) is 4.90 Å². The fraction of sp³-hybridized carbons (Fsp3) is 0.611. The summed E-state index contributed by atoms with van der Waals surface area (Å²) in [5.41, 5.74) is 7.96. The molecule has 40 heavy (non-hydrogen) atoms. The Balaban J connectivity index is 1.58. The third-order valence-electron chi connectivity index (χ3n) is 9.36. The highest BCUT2D eigenvalue weighted by Crippen LogP contribution is 2.46. The van der Waals surface area contributed by atoms with E-state index in [2.05, 4.69) is 64.1 Å². The molecule has 2 atom stereocenters. The van der Waals surface area contributed by atoms with Gasteiger partial charge in [0.05, 0.1) is 0 Å². The molecule has 0 aromatic heterocycles. The molecule has 0 spiro atoms. The lowest BCUT2D eigenvalue weighted by Crippen LogP contribution is -2.39. The summed E-state index contributed by atoms with van der Waals surface area (Å²) in [4.78, 5) is 26.4. The third kappa shape index (κ3) is 7.56. The molecule has 4 heteroatoms. The number of amides is 1. The first-order valence-corrected chi connectivity index (χ1v) is 16.2. The highest BCUT2D eigenvalue weighted by molar-refractivity contribution is 5.82. The lowest BCUT2D eigenvalue weighted by Gasteiger charge is -2.26. The molecule has 2 aromatic rings. The van der Waals surface area contributed by atoms with Crippen LogP contribution in [-0.2, 0) is 22.4 Å². The van der Waals surface area contributed by atoms with E-state index in [-0.39, 0.29) is 17.8 Å². The van der Waals surface area contributed by atoms with Gasteiger partial charge in [0.15, 0.2) is 0 Å². The number of hydrogen-bond donors (Lipinski definition) is 0. The summed E-state index contributed by atoms with van der Waals surface area (Å²) in [6.45, 7) is 10.4. The summed E-state index contributed by atoms with van der Waals surface area (Å²) in [6.07, 6.45) is 12.8. The molecule has 1 heterocycles. The van der Waals surface area contributed by atoms with Crippen LogP contribution in [-0.4, -0.2) is 36.5 Å². The van der Waals surface area contributed by atoms with Crippen molar-refractivity contribution in [1.29, 1.82) is 0 Å². The first kappa shape index (κ1) is 30.3. The molecule has 1 amide bonds. The van der Waals surface area contributed by atoms with Gasteiger partial charge in [-0.2, -0.15) is 0 Å². The highest BCUT2D eigenvalue weighted by atomic mass is 16.6. The molecule has 2 aromatic carbocycles. The number of Topliss-reactive ketones (excluding diaryl/α,β-unsaturated/α-hetero) is 1. The molecule has 1 aliphatic heterocycles. The van der Waals surface area contributed by atoms with Gasteiger partial charge in [-0.15, -0.1) is 0 Å². The number of rotatable bonds is 14. The minimum absolute atomic E-state index is 0.0479. The van der Waals surface area contributed by atoms with Gasteiger partial charge < -0.3 is 9.64 Å². The predicted molar refractivity (Wildman–Crippen MR) is 165 cm³/mol. The molecule has 0 bridgehead atoms. The van der Waals surface area contributed by atoms with Crippen LogP contribution in [0.3, 0.4) is 0 Å². The zero-order valence-electron chi connectivity index (χ0n) is 25.5. The van der Waals surface area contributed by atoms with Crippen LogP contribution >= 0.6 is 0 Å². The van der Waals surface area contributed by atoms with Crippen molar-refractivity contribution in [3.63, 3.8) is 0 Å². The van der Waals surface area contributed by atoms with Gasteiger partial charge in [-0.05, 0) is 58.1 Å². The van der Waals surface area contributed by atoms with E-state index < -0.39 is 0 Å². The molecule has 0 saturated carbocycles. The van der Waals surface area contributed by atoms with E-state index in [9.17, 15) is 9.59 Å². The molecule has 4 nitrogen and oxygen atoms in total. The van der Waals surface area contributed by atoms with Gasteiger partial charge in [0.1, 0.15) is 12.4 Å². The van der Waals surface area contributed by atoms with Crippen LogP contribution < -0.4 is 0 Å². The molecule has 218 valence electrons. The Morgan fingerprint density at radius 1 is 0.825 bits per heavy atom. The Bertz CT molecular complexity index is 1060. The highest BCUT2D eigenvalue weighted by Gasteiger charge is 2.32. The number of likely N-dealkylation sites (tertiary alicyclic amines) is 1. The minimum atomic E-state index is -0.286. The van der Waals surface area contributed by atoms with E-state index in [1.165, 1.54) is 84.7 Å². The topological polar surface area (TPSA) is 46.6 Å². The normalized spacial score (nSPS) is 17.9. The average Bonchev–Trinajstić information content (AvgIpc) is 3.28. The van der Waals surface area contributed by atoms with Crippen LogP contribution in [0.5, 0.6) is 0 Å². The molecule has 1 fully saturated rings. The number of carbonyl (C=O) groups excluding carboxylic acids is 2. The molecule has 2 aliphatic rings. The Labute approximate surface area is 242 Å². The zero-order chi connectivity index (χ0) is 28.5. The molecule has 4 rings (SSSR count). The molecule has 2 unspecified atom stereocenters. The van der Waals surface area contributed by atoms with E-state index in [4.69, 9.17) is 4.74 Å². The molecule has 0 radical (unpaired) electrons. The lowest BCUT2D eigenvalue weighted by molar-refractivity contribution is -0.121. The van der Waals surface area contributed by atoms with E-state index >= 15 is 0 Å². The zero-order valence-corrected chi connectivity index (χ0v) is 25.5. The van der Waals surface area contributed by atoms with Gasteiger partial charge in [-0.25, -0.2) is 4.79 Å². The second-order valence-corrected chi connectivity index (χ2v) is 12.2. The van der Waals surface area contributed by atoms with Crippen molar-refractivity contribution in [2.24, 2.45) is 11.8 Å². The first-order chi connectivity index (χ1) is 19.5. The maximum absolute atomic E-state index is 13.0. The number of unbranched alkanes of at least 4 members (excludes halogenated alkanes) is 2. The van der Waals surface area contributed by atoms with E-state index in [0.717, 1.165) is 12.8 Å². The van der Waals surface area contributed by atoms with Gasteiger partial charge in [-0.1, -0.05) is 115 Å². The summed E-state index contributed by atoms with van der Waals surface area (Å²) < 4.78 is 5.98. The smallest absolute Gasteiger partial charge is 0.409 e. The second kappa shape index (κ2) is 14.8. The summed E-state index contributed by atoms with van der Waals surface area (Å²) in [7, 11) is 0. The number of ether oxygens (including phenoxy) is 1. The summed E-state index contributed by atoms with van der Waals surface area (Å²) in [5, 5.41) is 0. The number of benzene rings is 2. The number of hydrogen-bond acceptors (Lipinski definition) is 3. The van der Waals surface area contributed by atoms with Crippen molar-refractivity contribution < 1.29 is 14.3 Å². The van der Waals surface area contributed by atoms with Crippen LogP contribution in [0, 0.1) is 11.8 Å². The lowest BCUT2D eigenvalue weighted by atomic mass is 9.88. The van der Waals surface area contributed by atoms with E-state index in [0.29, 0.717) is 44.4 Å². The van der Waals surface area contributed by atoms with Gasteiger partial charge in [-0.3, -0.25) is 4.79 Å². The quantitative estimate of drug-likeness (QED) is 0.238. The molecule has 0 N–H and O–H groups in total. The molecule has 1 saturated heterocycles. The van der Waals surface area contributed by atoms with Crippen molar-refractivity contribution in [3.8, 4) is 11.1 Å². The Morgan fingerprint density at radius 2 is 1.32 bits per heavy atom. The second-order valence-electron chi connectivity index (χ2n) is 12.2. The molecule has 1 aliphatic carbocycles. The van der Waals surface area contributed by atoms with Crippen LogP contribution in [0.2, 0.25) is 0 Å². The largest absolute Gasteiger partial charge is 0.448 e. The predicted octanol–water partition coefficient (Wildman–Crippen LogP) is 9.12. The summed E-state index contributed by atoms with van der Waals surface area (Å²) in [6, 6.07) is 14.1. The fourth-order valence-electron chi connectivity index (χ4n) is 6.63. The summed E-state index contributed by atoms with van der Waals surface area (Å²) in [5.74, 6) is 1.70. The number of ketones is 1. The van der Waals surface area contributed by atoms with Crippen molar-refractivity contribution in [3.05, 3.63) is 58.7 Å². The Kier molecular flexibility index (Phi) is 11.3. The standard InChI is InChI=1S/C36H51NO3/c1-5-9-11-26(7-3)21-28-13-15-31-32-16-14-29(22-27(8-4)12-10-6-2)24-34(32)35(33(31)23-28)25-40-36(39)37-19-17-30(38)18-20-37/h13-16,23-24,26-27,35H,5-12,17-22,25H2,1-4H3. The number of piperidine rings is 1. The van der Waals surface area contributed by atoms with Gasteiger partial charge in [0.2, 0.25) is 0 Å². The Hall–Kier alpha value is -2.62. The van der Waals surface area contributed by atoms with E-state index in [1.54, 1.807) is 4.90 Å². The van der Waals surface area contributed by atoms with Crippen LogP contribution in [0.15, 0.2) is 36.4 Å². The van der Waals surface area contributed by atoms with Gasteiger partial charge >= 0.3 is 6.09 Å². The van der Waals surface area contributed by atoms with Crippen LogP contribution in [0.4, 0.5) is 4.79 Å². The number of fused-ring (bicyclic) bond motifs is 3. The average molecular weight is 546 g/mol. The van der Waals surface area contributed by atoms with Crippen molar-refractivity contribution in [2.75, 3.05) is 19.7 Å². The molecular formula is C36H51NO3. The fourth-order valence-corrected chi connectivity index (χ4v) is 6.63. The minimum Gasteiger partial charge on any atom is -0.448 e. The monoisotopic (exact) mass is 545 g/mol. The van der Waals surface area contributed by atoms with Gasteiger partial charge in [0.25, 0.3) is 0 Å². The SMILES string of the molecule is CCCCC(CC)Cc1ccc2c(c1)C(COC(=O)N1CCC(=O)CC1)c1cc(CC(CC)CCCC)ccc1-2. The number of carbonyl (C=O) groups is 2. The Morgan fingerprint density at radius 3 is 1.77 bits per heavy atom. The third-order valence-corrected chi connectivity index (χ3v) is 9.36. The van der Waals surface area contributed by atoms with E-state index in [1.807, 2.05) is 0 Å². The van der Waals surface area contributed by atoms with Gasteiger partial charge in [0, 0.05) is 31.8 Å². The summed E-state index contributed by atoms with van der Waals surface area (Å²) >= 11 is 0. The van der Waals surface area contributed by atoms with Crippen LogP contribution in [0.25, 0.3) is 11.1 Å². The number of nitrogens with zero attached hydrogens (tertiary/aromatic N) is 1. The van der Waals surface area contributed by atoms with Crippen LogP contribution in [0.1, 0.15) is 120 Å².